The highest BCUT2D eigenvalue weighted by Gasteiger charge is 2.39. The minimum Gasteiger partial charge on any atom is -0.480 e. The number of benzene rings is 3. The van der Waals surface area contributed by atoms with Crippen molar-refractivity contribution in [1.29, 1.82) is 0 Å². The van der Waals surface area contributed by atoms with Crippen molar-refractivity contribution in [2.75, 3.05) is 32.3 Å². The van der Waals surface area contributed by atoms with E-state index in [4.69, 9.17) is 4.74 Å². The average Bonchev–Trinajstić information content (AvgIpc) is 3.38. The van der Waals surface area contributed by atoms with Gasteiger partial charge in [-0.15, -0.1) is 0 Å². The van der Waals surface area contributed by atoms with Gasteiger partial charge in [-0.05, 0) is 59.7 Å². The number of likely N-dealkylation sites (tertiary alicyclic amines) is 1. The number of sulfone groups is 2. The summed E-state index contributed by atoms with van der Waals surface area (Å²) in [5.41, 5.74) is 4.12. The van der Waals surface area contributed by atoms with E-state index in [-0.39, 0.29) is 29.5 Å². The number of amides is 1. The molecule has 1 amide bonds. The quantitative estimate of drug-likeness (QED) is 0.266. The predicted octanol–water partition coefficient (Wildman–Crippen LogP) is 3.48. The summed E-state index contributed by atoms with van der Waals surface area (Å²) in [6, 6.07) is 20.4. The summed E-state index contributed by atoms with van der Waals surface area (Å²) in [7, 11) is -5.27. The monoisotopic (exact) mass is 656 g/mol. The summed E-state index contributed by atoms with van der Waals surface area (Å²) in [4.78, 5) is 27.4. The molecule has 45 heavy (non-hydrogen) atoms. The zero-order chi connectivity index (χ0) is 32.8. The van der Waals surface area contributed by atoms with Crippen LogP contribution < -0.4 is 5.32 Å². The molecule has 1 aliphatic rings. The van der Waals surface area contributed by atoms with Gasteiger partial charge in [0.2, 0.25) is 0 Å². The second kappa shape index (κ2) is 14.7. The summed E-state index contributed by atoms with van der Waals surface area (Å²) in [6.45, 7) is 3.03. The van der Waals surface area contributed by atoms with Gasteiger partial charge >= 0.3 is 5.97 Å². The zero-order valence-corrected chi connectivity index (χ0v) is 27.3. The van der Waals surface area contributed by atoms with Crippen LogP contribution in [0, 0.1) is 6.92 Å². The van der Waals surface area contributed by atoms with Crippen LogP contribution >= 0.6 is 0 Å². The Morgan fingerprint density at radius 3 is 2.31 bits per heavy atom. The number of rotatable bonds is 14. The van der Waals surface area contributed by atoms with Gasteiger partial charge in [0.1, 0.15) is 15.9 Å². The lowest BCUT2D eigenvalue weighted by molar-refractivity contribution is -0.139. The van der Waals surface area contributed by atoms with Crippen LogP contribution in [-0.4, -0.2) is 88.3 Å². The number of aryl methyl sites for hydroxylation is 1. The van der Waals surface area contributed by atoms with E-state index in [1.54, 1.807) is 19.2 Å². The van der Waals surface area contributed by atoms with Crippen molar-refractivity contribution in [2.24, 2.45) is 0 Å². The van der Waals surface area contributed by atoms with Crippen molar-refractivity contribution in [2.45, 2.75) is 49.4 Å². The van der Waals surface area contributed by atoms with Crippen molar-refractivity contribution in [3.8, 4) is 11.1 Å². The zero-order valence-electron chi connectivity index (χ0n) is 25.7. The van der Waals surface area contributed by atoms with Gasteiger partial charge in [-0.3, -0.25) is 9.69 Å². The highest BCUT2D eigenvalue weighted by atomic mass is 32.2. The third kappa shape index (κ3) is 9.23. The minimum absolute atomic E-state index is 0.0329. The fourth-order valence-corrected chi connectivity index (χ4v) is 8.22. The number of nitrogens with one attached hydrogen (secondary N) is 1. The molecule has 1 saturated heterocycles. The van der Waals surface area contributed by atoms with E-state index in [1.807, 2.05) is 67.6 Å². The van der Waals surface area contributed by atoms with Crippen LogP contribution in [0.15, 0.2) is 72.8 Å². The molecular weight excluding hydrogens is 617 g/mol. The number of hydrogen-bond acceptors (Lipinski definition) is 8. The fourth-order valence-electron chi connectivity index (χ4n) is 5.73. The molecule has 0 aliphatic carbocycles. The molecule has 1 heterocycles. The summed E-state index contributed by atoms with van der Waals surface area (Å²) in [5.74, 6) is -2.37. The largest absolute Gasteiger partial charge is 0.480 e. The number of methoxy groups -OCH3 is 1. The maximum atomic E-state index is 13.5. The topological polar surface area (TPSA) is 147 Å². The van der Waals surface area contributed by atoms with Crippen LogP contribution in [0.3, 0.4) is 0 Å². The molecule has 0 aromatic heterocycles. The highest BCUT2D eigenvalue weighted by Crippen LogP contribution is 2.31. The van der Waals surface area contributed by atoms with Crippen LogP contribution in [0.1, 0.15) is 39.9 Å². The molecule has 0 bridgehead atoms. The van der Waals surface area contributed by atoms with Gasteiger partial charge in [-0.2, -0.15) is 0 Å². The maximum Gasteiger partial charge on any atom is 0.326 e. The molecule has 4 rings (SSSR count). The third-order valence-electron chi connectivity index (χ3n) is 8.10. The molecule has 0 saturated carbocycles. The van der Waals surface area contributed by atoms with E-state index in [0.29, 0.717) is 31.7 Å². The number of carbonyl (C=O) groups is 2. The number of nitrogens with zero attached hydrogens (tertiary/aromatic N) is 1. The molecule has 3 aromatic rings. The van der Waals surface area contributed by atoms with E-state index >= 15 is 0 Å². The molecule has 0 radical (unpaired) electrons. The molecule has 242 valence electrons. The minimum atomic E-state index is -3.43. The first-order valence-corrected chi connectivity index (χ1v) is 18.4. The molecule has 3 aromatic carbocycles. The Labute approximate surface area is 265 Å². The molecule has 1 aliphatic heterocycles. The smallest absolute Gasteiger partial charge is 0.326 e. The fraction of sp³-hybridized carbons (Fsp3) is 0.394. The normalized spacial score (nSPS) is 18.0. The average molecular weight is 657 g/mol. The van der Waals surface area contributed by atoms with E-state index in [0.717, 1.165) is 28.5 Å². The van der Waals surface area contributed by atoms with Crippen LogP contribution in [0.2, 0.25) is 0 Å². The van der Waals surface area contributed by atoms with Crippen molar-refractivity contribution < 1.29 is 36.3 Å². The summed E-state index contributed by atoms with van der Waals surface area (Å²) in [5, 5.41) is 11.6. The second-order valence-corrected chi connectivity index (χ2v) is 16.2. The molecule has 12 heteroatoms. The van der Waals surface area contributed by atoms with Gasteiger partial charge in [0.15, 0.2) is 9.84 Å². The second-order valence-electron chi connectivity index (χ2n) is 11.7. The van der Waals surface area contributed by atoms with Crippen LogP contribution in [0.5, 0.6) is 0 Å². The van der Waals surface area contributed by atoms with Crippen molar-refractivity contribution in [3.63, 3.8) is 0 Å². The SMILES string of the molecule is COC[C@H]1C[C@@H](S(=O)(=O)Cc2ccccc2)CN1Cc1ccc(C(=O)N[C@H](CCS(C)(=O)=O)C(=O)O)c(-c2ccccc2C)c1. The molecular formula is C33H40N2O8S2. The standard InChI is InChI=1S/C33H40N2O8S2/c1-23-9-7-8-12-28(23)30-17-25(13-14-29(30)32(36)34-31(33(37)38)15-16-44(3,39)40)19-35-20-27(18-26(35)21-43-2)45(41,42)22-24-10-5-4-6-11-24/h4-14,17,26-27,31H,15-16,18-22H2,1-3H3,(H,34,36)(H,37,38)/t26-,27-,31-/m1/s1. The number of carboxylic acid groups (broad SMARTS) is 1. The van der Waals surface area contributed by atoms with Gasteiger partial charge < -0.3 is 15.2 Å². The van der Waals surface area contributed by atoms with E-state index < -0.39 is 42.8 Å². The number of aliphatic carboxylic acids is 1. The molecule has 10 nitrogen and oxygen atoms in total. The Morgan fingerprint density at radius 2 is 1.67 bits per heavy atom. The Hall–Kier alpha value is -3.58. The first-order chi connectivity index (χ1) is 21.3. The number of hydrogen-bond donors (Lipinski definition) is 2. The Balaban J connectivity index is 1.61. The van der Waals surface area contributed by atoms with Gasteiger partial charge in [-0.1, -0.05) is 60.7 Å². The molecule has 3 atom stereocenters. The van der Waals surface area contributed by atoms with E-state index in [1.165, 1.54) is 0 Å². The molecule has 1 fully saturated rings. The maximum absolute atomic E-state index is 13.5. The van der Waals surface area contributed by atoms with Crippen molar-refractivity contribution in [3.05, 3.63) is 95.1 Å². The van der Waals surface area contributed by atoms with Crippen LogP contribution in [0.25, 0.3) is 11.1 Å². The third-order valence-corrected chi connectivity index (χ3v) is 11.2. The molecule has 2 N–H and O–H groups in total. The Morgan fingerprint density at radius 1 is 0.978 bits per heavy atom. The van der Waals surface area contributed by atoms with Crippen LogP contribution in [-0.2, 0) is 41.5 Å². The lowest BCUT2D eigenvalue weighted by Crippen LogP contribution is -2.42. The summed E-state index contributed by atoms with van der Waals surface area (Å²) in [6.07, 6.45) is 1.20. The van der Waals surface area contributed by atoms with E-state index in [2.05, 4.69) is 10.2 Å². The van der Waals surface area contributed by atoms with Crippen molar-refractivity contribution >= 4 is 31.6 Å². The van der Waals surface area contributed by atoms with Gasteiger partial charge in [0.05, 0.1) is 23.4 Å². The lowest BCUT2D eigenvalue weighted by atomic mass is 9.93. The number of carbonyl (C=O) groups excluding carboxylic acids is 1. The van der Waals surface area contributed by atoms with Gasteiger partial charge in [-0.25, -0.2) is 21.6 Å². The van der Waals surface area contributed by atoms with Crippen LogP contribution in [0.4, 0.5) is 0 Å². The van der Waals surface area contributed by atoms with Gasteiger partial charge in [0.25, 0.3) is 5.91 Å². The predicted molar refractivity (Wildman–Crippen MR) is 173 cm³/mol. The van der Waals surface area contributed by atoms with E-state index in [9.17, 15) is 31.5 Å². The number of carboxylic acids is 1. The number of ether oxygens (including phenoxy) is 1. The molecule has 0 unspecified atom stereocenters. The first kappa shape index (κ1) is 34.3. The van der Waals surface area contributed by atoms with Crippen molar-refractivity contribution in [1.82, 2.24) is 10.2 Å². The summed E-state index contributed by atoms with van der Waals surface area (Å²) >= 11 is 0. The molecule has 0 spiro atoms. The summed E-state index contributed by atoms with van der Waals surface area (Å²) < 4.78 is 55.5. The Kier molecular flexibility index (Phi) is 11.2. The Bertz CT molecular complexity index is 1730. The van der Waals surface area contributed by atoms with Gasteiger partial charge in [0, 0.05) is 38.1 Å². The lowest BCUT2D eigenvalue weighted by Gasteiger charge is -2.24. The first-order valence-electron chi connectivity index (χ1n) is 14.7. The highest BCUT2D eigenvalue weighted by molar-refractivity contribution is 7.91.